The van der Waals surface area contributed by atoms with Crippen LogP contribution < -0.4 is 20.7 Å². The topological polar surface area (TPSA) is 126 Å². The minimum atomic E-state index is -1.14. The summed E-state index contributed by atoms with van der Waals surface area (Å²) in [4.78, 5) is 51.2. The van der Waals surface area contributed by atoms with Gasteiger partial charge in [0.25, 0.3) is 0 Å². The number of allylic oxidation sites excluding steroid dienone is 4. The van der Waals surface area contributed by atoms with Gasteiger partial charge in [0.05, 0.1) is 7.11 Å². The molecule has 3 aliphatic heterocycles. The number of carbonyl (C=O) groups is 3. The molecule has 0 aromatic carbocycles. The normalized spacial score (nSPS) is 25.2. The first-order chi connectivity index (χ1) is 26.3. The number of rotatable bonds is 13. The Bertz CT molecular complexity index is 2150. The summed E-state index contributed by atoms with van der Waals surface area (Å²) < 4.78 is 11.0. The van der Waals surface area contributed by atoms with Crippen molar-refractivity contribution in [3.8, 4) is 0 Å². The van der Waals surface area contributed by atoms with E-state index in [0.29, 0.717) is 29.3 Å². The van der Waals surface area contributed by atoms with Gasteiger partial charge in [0.1, 0.15) is 12.5 Å². The number of ketones is 1. The number of carbonyl (C=O) groups excluding carboxylic acids is 3. The Balaban J connectivity index is 0.00000600. The third kappa shape index (κ3) is 8.19. The van der Waals surface area contributed by atoms with Crippen LogP contribution in [0, 0.1) is 43.4 Å². The number of hydrogen-bond acceptors (Lipinski definition) is 5. The number of Topliss-reactive ketones (excluding diaryl/α,β-unsaturated/α-hetero) is 1. The number of methoxy groups -OCH3 is 1. The van der Waals surface area contributed by atoms with E-state index in [2.05, 4.69) is 48.1 Å². The van der Waals surface area contributed by atoms with E-state index in [-0.39, 0.29) is 59.7 Å². The zero-order chi connectivity index (χ0) is 39.7. The maximum atomic E-state index is 14.3. The maximum absolute atomic E-state index is 14.3. The van der Waals surface area contributed by atoms with Crippen molar-refractivity contribution < 1.29 is 23.9 Å². The van der Waals surface area contributed by atoms with Gasteiger partial charge >= 0.3 is 35.0 Å². The smallest absolute Gasteiger partial charge is 0.681 e. The molecule has 0 radical (unpaired) electrons. The van der Waals surface area contributed by atoms with E-state index in [4.69, 9.17) is 30.1 Å². The van der Waals surface area contributed by atoms with Crippen LogP contribution in [0.25, 0.3) is 34.9 Å². The largest absolute Gasteiger partial charge is 2.00 e. The van der Waals surface area contributed by atoms with Gasteiger partial charge in [0.15, 0.2) is 5.78 Å². The van der Waals surface area contributed by atoms with Gasteiger partial charge in [-0.05, 0) is 82.8 Å². The predicted octanol–water partition coefficient (Wildman–Crippen LogP) is 7.40. The van der Waals surface area contributed by atoms with Crippen molar-refractivity contribution in [2.24, 2.45) is 29.6 Å². The van der Waals surface area contributed by atoms with Gasteiger partial charge in [-0.3, -0.25) is 14.4 Å². The molecule has 8 bridgehead atoms. The summed E-state index contributed by atoms with van der Waals surface area (Å²) in [6.45, 7) is 21.1. The SMILES string of the molecule is C=Cc1c2[n-]c(c1C)/C=C1\[N-]C(C3=C4[N-]C(=C(C)C4C(=O)[C@@H]3C(=O)OC)/C=c3\[n-]/c(c(C)c3CC)=C\2)[C@@H](CCC(=O)OC/C=C(\C)CCC[C@H](C)CC)[C@@H]1C.[Mg+2]. The molecule has 294 valence electrons. The van der Waals surface area contributed by atoms with Crippen LogP contribution in [-0.4, -0.2) is 60.5 Å². The molecule has 9 nitrogen and oxygen atoms in total. The Morgan fingerprint density at radius 2 is 1.77 bits per heavy atom. The third-order valence-electron chi connectivity index (χ3n) is 12.5. The monoisotopic (exact) mass is 768 g/mol. The van der Waals surface area contributed by atoms with Crippen molar-refractivity contribution in [3.05, 3.63) is 101 Å². The molecule has 0 amide bonds. The van der Waals surface area contributed by atoms with Crippen LogP contribution in [0.5, 0.6) is 0 Å². The summed E-state index contributed by atoms with van der Waals surface area (Å²) >= 11 is 0. The average molecular weight is 769 g/mol. The number of hydrogen-bond donors (Lipinski definition) is 0. The van der Waals surface area contributed by atoms with E-state index in [1.807, 2.05) is 44.2 Å². The van der Waals surface area contributed by atoms with Crippen LogP contribution in [0.4, 0.5) is 0 Å². The third-order valence-corrected chi connectivity index (χ3v) is 12.5. The van der Waals surface area contributed by atoms with Crippen LogP contribution in [0.3, 0.4) is 0 Å². The first-order valence-electron chi connectivity index (χ1n) is 20.0. The zero-order valence-corrected chi connectivity index (χ0v) is 36.2. The molecule has 0 saturated carbocycles. The van der Waals surface area contributed by atoms with Crippen molar-refractivity contribution in [1.29, 1.82) is 0 Å². The molecule has 4 aliphatic rings. The molecule has 6 atom stereocenters. The number of nitrogens with zero attached hydrogens (tertiary/aromatic N) is 4. The molecular weight excluding hydrogens is 713 g/mol. The summed E-state index contributed by atoms with van der Waals surface area (Å²) in [6.07, 6.45) is 15.7. The van der Waals surface area contributed by atoms with Gasteiger partial charge in [-0.25, -0.2) is 0 Å². The van der Waals surface area contributed by atoms with E-state index in [0.717, 1.165) is 74.9 Å². The van der Waals surface area contributed by atoms with E-state index < -0.39 is 23.8 Å². The minimum Gasteiger partial charge on any atom is -0.681 e. The van der Waals surface area contributed by atoms with Gasteiger partial charge in [-0.15, -0.1) is 33.5 Å². The molecule has 1 aliphatic carbocycles. The Hall–Kier alpha value is -4.02. The van der Waals surface area contributed by atoms with E-state index in [1.54, 1.807) is 0 Å². The quantitative estimate of drug-likeness (QED) is 0.0900. The molecule has 0 N–H and O–H groups in total. The molecule has 2 aromatic heterocycles. The van der Waals surface area contributed by atoms with Crippen LogP contribution in [-0.2, 0) is 30.3 Å². The molecular formula is C46H56MgN4O5-2. The number of fused-ring (bicyclic) bond motifs is 8. The summed E-state index contributed by atoms with van der Waals surface area (Å²) in [7, 11) is 1.31. The van der Waals surface area contributed by atoms with Crippen LogP contribution >= 0.6 is 0 Å². The van der Waals surface area contributed by atoms with Crippen molar-refractivity contribution in [1.82, 2.24) is 9.97 Å². The number of ether oxygens (including phenoxy) is 2. The van der Waals surface area contributed by atoms with Gasteiger partial charge in [0.2, 0.25) is 0 Å². The first kappa shape index (κ1) is 43.1. The summed E-state index contributed by atoms with van der Waals surface area (Å²) in [6, 6.07) is -0.587. The number of esters is 2. The summed E-state index contributed by atoms with van der Waals surface area (Å²) in [5, 5.41) is 12.0. The molecule has 10 heteroatoms. The molecule has 6 rings (SSSR count). The fourth-order valence-corrected chi connectivity index (χ4v) is 8.77. The molecule has 56 heavy (non-hydrogen) atoms. The minimum absolute atomic E-state index is 0. The second kappa shape index (κ2) is 18.1. The van der Waals surface area contributed by atoms with Crippen LogP contribution in [0.1, 0.15) is 114 Å². The van der Waals surface area contributed by atoms with Gasteiger partial charge in [-0.2, -0.15) is 5.70 Å². The molecule has 2 unspecified atom stereocenters. The van der Waals surface area contributed by atoms with Crippen molar-refractivity contribution >= 4 is 65.1 Å². The van der Waals surface area contributed by atoms with Crippen molar-refractivity contribution in [3.63, 3.8) is 0 Å². The van der Waals surface area contributed by atoms with Gasteiger partial charge in [0, 0.05) is 12.3 Å². The molecule has 0 spiro atoms. The zero-order valence-electron chi connectivity index (χ0n) is 34.8. The molecule has 1 saturated heterocycles. The summed E-state index contributed by atoms with van der Waals surface area (Å²) in [5.41, 5.74) is 10.2. The first-order valence-corrected chi connectivity index (χ1v) is 20.0. The van der Waals surface area contributed by atoms with E-state index in [9.17, 15) is 14.4 Å². The van der Waals surface area contributed by atoms with Crippen LogP contribution in [0.2, 0.25) is 0 Å². The van der Waals surface area contributed by atoms with E-state index in [1.165, 1.54) is 25.5 Å². The molecule has 2 aromatic rings. The Morgan fingerprint density at radius 3 is 2.45 bits per heavy atom. The Kier molecular flexibility index (Phi) is 13.9. The second-order valence-electron chi connectivity index (χ2n) is 15.8. The fraction of sp³-hybridized carbons (Fsp3) is 0.500. The van der Waals surface area contributed by atoms with Crippen molar-refractivity contribution in [2.45, 2.75) is 106 Å². The van der Waals surface area contributed by atoms with E-state index >= 15 is 0 Å². The summed E-state index contributed by atoms with van der Waals surface area (Å²) in [5.74, 6) is -2.63. The van der Waals surface area contributed by atoms with Gasteiger partial charge < -0.3 is 30.1 Å². The Labute approximate surface area is 348 Å². The van der Waals surface area contributed by atoms with Crippen molar-refractivity contribution in [2.75, 3.05) is 13.7 Å². The molecule has 5 heterocycles. The number of aromatic nitrogens is 2. The average Bonchev–Trinajstić information content (AvgIpc) is 3.90. The van der Waals surface area contributed by atoms with Gasteiger partial charge in [-0.1, -0.05) is 111 Å². The Morgan fingerprint density at radius 1 is 1.02 bits per heavy atom. The standard InChI is InChI=1S/C46H56N4O5.Mg/c1-11-24(4)15-14-16-25(5)19-20-55-39(51)18-17-32-28(8)35-21-33-26(6)30(12-2)37(47-33)22-34-27(7)31(13-3)38(48-34)23-36-29(9)40-44(50-36)41(43(32)49-35)42(45(40)52)46(53)54-10;/h12,19,21-24,28,32,40,42-43H,2,11,13-18,20H2,1,3-10H3;/q-4;+2/b25-19+,34-22-,35-21-,38-23-;/t24-,28+,32+,40?,42-,43?;/m1./s1. The maximum Gasteiger partial charge on any atom is 2.00 e. The second-order valence-corrected chi connectivity index (χ2v) is 15.8. The van der Waals surface area contributed by atoms with Crippen LogP contribution in [0.15, 0.2) is 46.5 Å². The predicted molar refractivity (Wildman–Crippen MR) is 224 cm³/mol. The fourth-order valence-electron chi connectivity index (χ4n) is 8.77. The molecule has 1 fully saturated rings.